The fourth-order valence-corrected chi connectivity index (χ4v) is 2.83. The fourth-order valence-electron chi connectivity index (χ4n) is 2.83. The van der Waals surface area contributed by atoms with Crippen LogP contribution in [0.4, 0.5) is 0 Å². The molecule has 1 aliphatic heterocycles. The molecule has 0 radical (unpaired) electrons. The van der Waals surface area contributed by atoms with Crippen molar-refractivity contribution in [2.24, 2.45) is 5.41 Å². The van der Waals surface area contributed by atoms with Crippen LogP contribution in [0.1, 0.15) is 44.0 Å². The standard InChI is InChI=1S/C19H27N3O3/c1-19(2,3)18(25)22-11-9-15(10-12-22)21-16(23)13-20-17(24)14-7-5-4-6-8-14/h4-8,15H,9-13H2,1-3H3,(H,20,24)(H,21,23). The molecule has 136 valence electrons. The largest absolute Gasteiger partial charge is 0.352 e. The quantitative estimate of drug-likeness (QED) is 0.869. The van der Waals surface area contributed by atoms with Crippen molar-refractivity contribution in [3.63, 3.8) is 0 Å². The minimum absolute atomic E-state index is 0.0464. The molecule has 0 saturated carbocycles. The predicted octanol–water partition coefficient (Wildman–Crippen LogP) is 1.57. The third kappa shape index (κ3) is 5.59. The predicted molar refractivity (Wildman–Crippen MR) is 96.0 cm³/mol. The second-order valence-corrected chi connectivity index (χ2v) is 7.43. The molecule has 1 aliphatic rings. The van der Waals surface area contributed by atoms with Gasteiger partial charge in [-0.15, -0.1) is 0 Å². The van der Waals surface area contributed by atoms with E-state index in [9.17, 15) is 14.4 Å². The third-order valence-corrected chi connectivity index (χ3v) is 4.23. The van der Waals surface area contributed by atoms with E-state index < -0.39 is 0 Å². The molecule has 0 unspecified atom stereocenters. The maximum Gasteiger partial charge on any atom is 0.251 e. The summed E-state index contributed by atoms with van der Waals surface area (Å²) in [5, 5.41) is 5.55. The van der Waals surface area contributed by atoms with Gasteiger partial charge in [-0.05, 0) is 25.0 Å². The topological polar surface area (TPSA) is 78.5 Å². The smallest absolute Gasteiger partial charge is 0.251 e. The van der Waals surface area contributed by atoms with Crippen molar-refractivity contribution in [2.75, 3.05) is 19.6 Å². The summed E-state index contributed by atoms with van der Waals surface area (Å²) in [6, 6.07) is 8.85. The van der Waals surface area contributed by atoms with E-state index in [1.165, 1.54) is 0 Å². The minimum atomic E-state index is -0.377. The van der Waals surface area contributed by atoms with Crippen molar-refractivity contribution < 1.29 is 14.4 Å². The summed E-state index contributed by atoms with van der Waals surface area (Å²) in [5.41, 5.74) is 0.155. The summed E-state index contributed by atoms with van der Waals surface area (Å²) in [6.07, 6.45) is 1.47. The molecule has 1 heterocycles. The zero-order chi connectivity index (χ0) is 18.4. The number of benzene rings is 1. The van der Waals surface area contributed by atoms with Crippen molar-refractivity contribution in [3.8, 4) is 0 Å². The molecular weight excluding hydrogens is 318 g/mol. The first kappa shape index (κ1) is 19.0. The average Bonchev–Trinajstić information content (AvgIpc) is 2.59. The SMILES string of the molecule is CC(C)(C)C(=O)N1CCC(NC(=O)CNC(=O)c2ccccc2)CC1. The van der Waals surface area contributed by atoms with Gasteiger partial charge in [0.1, 0.15) is 0 Å². The van der Waals surface area contributed by atoms with Crippen LogP contribution in [0.15, 0.2) is 30.3 Å². The van der Waals surface area contributed by atoms with Gasteiger partial charge in [-0.3, -0.25) is 14.4 Å². The summed E-state index contributed by atoms with van der Waals surface area (Å²) in [7, 11) is 0. The highest BCUT2D eigenvalue weighted by molar-refractivity contribution is 5.96. The van der Waals surface area contributed by atoms with Crippen molar-refractivity contribution in [1.29, 1.82) is 0 Å². The van der Waals surface area contributed by atoms with Crippen LogP contribution in [0.25, 0.3) is 0 Å². The van der Waals surface area contributed by atoms with Gasteiger partial charge < -0.3 is 15.5 Å². The number of rotatable bonds is 4. The van der Waals surface area contributed by atoms with Gasteiger partial charge in [0.05, 0.1) is 6.54 Å². The number of nitrogens with one attached hydrogen (secondary N) is 2. The summed E-state index contributed by atoms with van der Waals surface area (Å²) in [5.74, 6) is -0.321. The Bertz CT molecular complexity index is 615. The van der Waals surface area contributed by atoms with Crippen LogP contribution in [0.3, 0.4) is 0 Å². The number of hydrogen-bond donors (Lipinski definition) is 2. The molecule has 2 N–H and O–H groups in total. The van der Waals surface area contributed by atoms with E-state index in [-0.39, 0.29) is 35.7 Å². The number of carbonyl (C=O) groups excluding carboxylic acids is 3. The van der Waals surface area contributed by atoms with Crippen LogP contribution < -0.4 is 10.6 Å². The van der Waals surface area contributed by atoms with Crippen molar-refractivity contribution in [3.05, 3.63) is 35.9 Å². The van der Waals surface area contributed by atoms with Gasteiger partial charge in [-0.1, -0.05) is 39.0 Å². The number of carbonyl (C=O) groups is 3. The highest BCUT2D eigenvalue weighted by Crippen LogP contribution is 2.20. The Morgan fingerprint density at radius 2 is 1.68 bits per heavy atom. The van der Waals surface area contributed by atoms with Crippen LogP contribution in [0.2, 0.25) is 0 Å². The molecule has 1 fully saturated rings. The maximum atomic E-state index is 12.3. The van der Waals surface area contributed by atoms with Gasteiger partial charge >= 0.3 is 0 Å². The summed E-state index contributed by atoms with van der Waals surface area (Å²) in [4.78, 5) is 38.0. The molecule has 1 aromatic carbocycles. The highest BCUT2D eigenvalue weighted by Gasteiger charge is 2.30. The van der Waals surface area contributed by atoms with Gasteiger partial charge in [0.25, 0.3) is 5.91 Å². The molecule has 0 aromatic heterocycles. The Morgan fingerprint density at radius 3 is 2.24 bits per heavy atom. The number of likely N-dealkylation sites (tertiary alicyclic amines) is 1. The molecule has 0 aliphatic carbocycles. The Labute approximate surface area is 149 Å². The van der Waals surface area contributed by atoms with Crippen LogP contribution in [0.5, 0.6) is 0 Å². The van der Waals surface area contributed by atoms with Crippen LogP contribution in [-0.4, -0.2) is 48.3 Å². The lowest BCUT2D eigenvalue weighted by molar-refractivity contribution is -0.140. The van der Waals surface area contributed by atoms with Crippen LogP contribution >= 0.6 is 0 Å². The molecule has 0 bridgehead atoms. The average molecular weight is 345 g/mol. The molecule has 25 heavy (non-hydrogen) atoms. The highest BCUT2D eigenvalue weighted by atomic mass is 16.2. The first-order chi connectivity index (χ1) is 11.8. The zero-order valence-electron chi connectivity index (χ0n) is 15.2. The second kappa shape index (κ2) is 8.14. The molecule has 6 heteroatoms. The molecule has 1 saturated heterocycles. The number of amides is 3. The summed E-state index contributed by atoms with van der Waals surface area (Å²) >= 11 is 0. The second-order valence-electron chi connectivity index (χ2n) is 7.43. The molecule has 1 aromatic rings. The minimum Gasteiger partial charge on any atom is -0.352 e. The summed E-state index contributed by atoms with van der Waals surface area (Å²) < 4.78 is 0. The molecular formula is C19H27N3O3. The van der Waals surface area contributed by atoms with Gasteiger partial charge in [-0.2, -0.15) is 0 Å². The van der Waals surface area contributed by atoms with Gasteiger partial charge in [-0.25, -0.2) is 0 Å². The number of piperidine rings is 1. The van der Waals surface area contributed by atoms with Gasteiger partial charge in [0, 0.05) is 30.1 Å². The van der Waals surface area contributed by atoms with E-state index >= 15 is 0 Å². The van der Waals surface area contributed by atoms with Crippen molar-refractivity contribution in [1.82, 2.24) is 15.5 Å². The Morgan fingerprint density at radius 1 is 1.08 bits per heavy atom. The Hall–Kier alpha value is -2.37. The molecule has 0 spiro atoms. The normalized spacial score (nSPS) is 15.6. The number of nitrogens with zero attached hydrogens (tertiary/aromatic N) is 1. The lowest BCUT2D eigenvalue weighted by Gasteiger charge is -2.36. The monoisotopic (exact) mass is 345 g/mol. The van der Waals surface area contributed by atoms with E-state index in [1.54, 1.807) is 24.3 Å². The molecule has 2 rings (SSSR count). The Kier molecular flexibility index (Phi) is 6.17. The van der Waals surface area contributed by atoms with E-state index in [4.69, 9.17) is 0 Å². The molecule has 0 atom stereocenters. The van der Waals surface area contributed by atoms with Gasteiger partial charge in [0.15, 0.2) is 0 Å². The van der Waals surface area contributed by atoms with Crippen LogP contribution in [0, 0.1) is 5.41 Å². The lowest BCUT2D eigenvalue weighted by atomic mass is 9.93. The third-order valence-electron chi connectivity index (χ3n) is 4.23. The van der Waals surface area contributed by atoms with Crippen molar-refractivity contribution in [2.45, 2.75) is 39.7 Å². The number of hydrogen-bond acceptors (Lipinski definition) is 3. The van der Waals surface area contributed by atoms with E-state index in [2.05, 4.69) is 10.6 Å². The van der Waals surface area contributed by atoms with Crippen LogP contribution in [-0.2, 0) is 9.59 Å². The van der Waals surface area contributed by atoms with E-state index in [1.807, 2.05) is 31.7 Å². The first-order valence-electron chi connectivity index (χ1n) is 8.69. The molecule has 6 nitrogen and oxygen atoms in total. The fraction of sp³-hybridized carbons (Fsp3) is 0.526. The van der Waals surface area contributed by atoms with E-state index in [0.717, 1.165) is 12.8 Å². The van der Waals surface area contributed by atoms with E-state index in [0.29, 0.717) is 18.7 Å². The maximum absolute atomic E-state index is 12.3. The first-order valence-corrected chi connectivity index (χ1v) is 8.69. The van der Waals surface area contributed by atoms with Gasteiger partial charge in [0.2, 0.25) is 11.8 Å². The summed E-state index contributed by atoms with van der Waals surface area (Å²) in [6.45, 7) is 7.00. The lowest BCUT2D eigenvalue weighted by Crippen LogP contribution is -2.50. The van der Waals surface area contributed by atoms with Crippen molar-refractivity contribution >= 4 is 17.7 Å². The zero-order valence-corrected chi connectivity index (χ0v) is 15.2. The molecule has 3 amide bonds. The Balaban J connectivity index is 1.72.